The third-order valence-electron chi connectivity index (χ3n) is 4.58. The van der Waals surface area contributed by atoms with Gasteiger partial charge in [-0.2, -0.15) is 4.31 Å². The monoisotopic (exact) mass is 355 g/mol. The molecule has 1 unspecified atom stereocenters. The molecule has 6 nitrogen and oxygen atoms in total. The number of carbonyl (C=O) groups is 1. The van der Waals surface area contributed by atoms with Crippen LogP contribution in [0.2, 0.25) is 0 Å². The number of halogens is 1. The van der Waals surface area contributed by atoms with Crippen molar-refractivity contribution in [2.24, 2.45) is 0 Å². The molecule has 3 rings (SSSR count). The van der Waals surface area contributed by atoms with Gasteiger partial charge >= 0.3 is 0 Å². The van der Waals surface area contributed by atoms with Crippen LogP contribution in [0, 0.1) is 5.82 Å². The first-order valence-electron chi connectivity index (χ1n) is 8.18. The van der Waals surface area contributed by atoms with Gasteiger partial charge in [-0.15, -0.1) is 0 Å². The van der Waals surface area contributed by atoms with Gasteiger partial charge in [-0.25, -0.2) is 12.8 Å². The van der Waals surface area contributed by atoms with Gasteiger partial charge in [-0.3, -0.25) is 9.69 Å². The van der Waals surface area contributed by atoms with E-state index in [-0.39, 0.29) is 29.9 Å². The van der Waals surface area contributed by atoms with E-state index in [9.17, 15) is 17.6 Å². The molecule has 1 aliphatic heterocycles. The van der Waals surface area contributed by atoms with Gasteiger partial charge in [0.15, 0.2) is 0 Å². The lowest BCUT2D eigenvalue weighted by Crippen LogP contribution is -2.55. The zero-order valence-electron chi connectivity index (χ0n) is 13.6. The van der Waals surface area contributed by atoms with E-state index in [1.54, 1.807) is 0 Å². The molecule has 2 aliphatic rings. The Morgan fingerprint density at radius 3 is 2.42 bits per heavy atom. The van der Waals surface area contributed by atoms with Gasteiger partial charge in [0.05, 0.1) is 6.04 Å². The zero-order valence-corrected chi connectivity index (χ0v) is 14.4. The van der Waals surface area contributed by atoms with Crippen LogP contribution in [-0.2, 0) is 14.8 Å². The SMILES string of the molecule is CC(C(=O)NC1CC1)N1CCN(S(=O)(=O)c2ccccc2F)CC1. The van der Waals surface area contributed by atoms with Crippen LogP contribution in [0.25, 0.3) is 0 Å². The Bertz CT molecular complexity index is 713. The van der Waals surface area contributed by atoms with E-state index in [0.29, 0.717) is 19.1 Å². The van der Waals surface area contributed by atoms with Gasteiger partial charge in [0.25, 0.3) is 0 Å². The summed E-state index contributed by atoms with van der Waals surface area (Å²) in [4.78, 5) is 13.8. The summed E-state index contributed by atoms with van der Waals surface area (Å²) in [5, 5.41) is 2.96. The van der Waals surface area contributed by atoms with E-state index < -0.39 is 15.8 Å². The Morgan fingerprint density at radius 2 is 1.83 bits per heavy atom. The smallest absolute Gasteiger partial charge is 0.246 e. The van der Waals surface area contributed by atoms with Crippen LogP contribution < -0.4 is 5.32 Å². The maximum absolute atomic E-state index is 13.8. The summed E-state index contributed by atoms with van der Waals surface area (Å²) in [5.41, 5.74) is 0. The molecule has 0 bridgehead atoms. The van der Waals surface area contributed by atoms with Crippen molar-refractivity contribution < 1.29 is 17.6 Å². The highest BCUT2D eigenvalue weighted by molar-refractivity contribution is 7.89. The molecule has 1 heterocycles. The molecule has 0 radical (unpaired) electrons. The Morgan fingerprint density at radius 1 is 1.21 bits per heavy atom. The maximum Gasteiger partial charge on any atom is 0.246 e. The molecular formula is C16H22FN3O3S. The first-order valence-corrected chi connectivity index (χ1v) is 9.62. The van der Waals surface area contributed by atoms with E-state index in [1.807, 2.05) is 11.8 Å². The van der Waals surface area contributed by atoms with Crippen LogP contribution in [0.15, 0.2) is 29.2 Å². The van der Waals surface area contributed by atoms with Crippen molar-refractivity contribution in [2.45, 2.75) is 36.7 Å². The summed E-state index contributed by atoms with van der Waals surface area (Å²) < 4.78 is 40.2. The first kappa shape index (κ1) is 17.3. The minimum atomic E-state index is -3.84. The zero-order chi connectivity index (χ0) is 17.3. The second-order valence-electron chi connectivity index (χ2n) is 6.33. The number of nitrogens with zero attached hydrogens (tertiary/aromatic N) is 2. The molecule has 1 aromatic carbocycles. The third-order valence-corrected chi connectivity index (χ3v) is 6.51. The van der Waals surface area contributed by atoms with Crippen molar-refractivity contribution in [3.63, 3.8) is 0 Å². The minimum absolute atomic E-state index is 0.0112. The van der Waals surface area contributed by atoms with E-state index >= 15 is 0 Å². The third kappa shape index (κ3) is 3.60. The summed E-state index contributed by atoms with van der Waals surface area (Å²) in [5.74, 6) is -0.750. The number of hydrogen-bond donors (Lipinski definition) is 1. The second-order valence-corrected chi connectivity index (χ2v) is 8.24. The quantitative estimate of drug-likeness (QED) is 0.848. The van der Waals surface area contributed by atoms with Crippen LogP contribution in [0.5, 0.6) is 0 Å². The predicted molar refractivity (Wildman–Crippen MR) is 87.4 cm³/mol. The standard InChI is InChI=1S/C16H22FN3O3S/c1-12(16(21)18-13-6-7-13)19-8-10-20(11-9-19)24(22,23)15-5-3-2-4-14(15)17/h2-5,12-13H,6-11H2,1H3,(H,18,21). The minimum Gasteiger partial charge on any atom is -0.352 e. The number of carbonyl (C=O) groups excluding carboxylic acids is 1. The molecule has 0 spiro atoms. The van der Waals surface area contributed by atoms with Crippen LogP contribution in [0.1, 0.15) is 19.8 Å². The number of piperazine rings is 1. The lowest BCUT2D eigenvalue weighted by Gasteiger charge is -2.36. The van der Waals surface area contributed by atoms with Gasteiger partial charge < -0.3 is 5.32 Å². The lowest BCUT2D eigenvalue weighted by atomic mass is 10.2. The number of amides is 1. The summed E-state index contributed by atoms with van der Waals surface area (Å²) in [6.45, 7) is 3.23. The Balaban J connectivity index is 1.62. The number of hydrogen-bond acceptors (Lipinski definition) is 4. The van der Waals surface area contributed by atoms with Crippen LogP contribution in [0.4, 0.5) is 4.39 Å². The van der Waals surface area contributed by atoms with E-state index in [1.165, 1.54) is 22.5 Å². The van der Waals surface area contributed by atoms with Crippen molar-refractivity contribution in [3.8, 4) is 0 Å². The molecule has 1 saturated heterocycles. The highest BCUT2D eigenvalue weighted by atomic mass is 32.2. The summed E-state index contributed by atoms with van der Waals surface area (Å²) in [7, 11) is -3.84. The highest BCUT2D eigenvalue weighted by Crippen LogP contribution is 2.22. The van der Waals surface area contributed by atoms with Gasteiger partial charge in [-0.1, -0.05) is 12.1 Å². The Kier molecular flexibility index (Phi) is 4.89. The Hall–Kier alpha value is -1.51. The summed E-state index contributed by atoms with van der Waals surface area (Å²) >= 11 is 0. The molecule has 24 heavy (non-hydrogen) atoms. The number of rotatable bonds is 5. The highest BCUT2D eigenvalue weighted by Gasteiger charge is 2.34. The molecular weight excluding hydrogens is 333 g/mol. The largest absolute Gasteiger partial charge is 0.352 e. The molecule has 1 aliphatic carbocycles. The van der Waals surface area contributed by atoms with Gasteiger partial charge in [0.2, 0.25) is 15.9 Å². The molecule has 1 aromatic rings. The maximum atomic E-state index is 13.8. The van der Waals surface area contributed by atoms with Gasteiger partial charge in [-0.05, 0) is 31.9 Å². The van der Waals surface area contributed by atoms with Crippen molar-refractivity contribution in [1.29, 1.82) is 0 Å². The first-order chi connectivity index (χ1) is 11.4. The van der Waals surface area contributed by atoms with Crippen molar-refractivity contribution >= 4 is 15.9 Å². The summed E-state index contributed by atoms with van der Waals surface area (Å²) in [6.07, 6.45) is 2.07. The van der Waals surface area contributed by atoms with E-state index in [2.05, 4.69) is 5.32 Å². The normalized spacial score (nSPS) is 21.4. The average Bonchev–Trinajstić information content (AvgIpc) is 3.38. The number of sulfonamides is 1. The van der Waals surface area contributed by atoms with Crippen molar-refractivity contribution in [1.82, 2.24) is 14.5 Å². The fraction of sp³-hybridized carbons (Fsp3) is 0.562. The number of benzene rings is 1. The fourth-order valence-electron chi connectivity index (χ4n) is 2.84. The van der Waals surface area contributed by atoms with E-state index in [0.717, 1.165) is 18.9 Å². The topological polar surface area (TPSA) is 69.7 Å². The average molecular weight is 355 g/mol. The van der Waals surface area contributed by atoms with Gasteiger partial charge in [0.1, 0.15) is 10.7 Å². The molecule has 2 fully saturated rings. The fourth-order valence-corrected chi connectivity index (χ4v) is 4.33. The molecule has 1 amide bonds. The Labute approximate surface area is 141 Å². The van der Waals surface area contributed by atoms with Crippen molar-refractivity contribution in [3.05, 3.63) is 30.1 Å². The van der Waals surface area contributed by atoms with E-state index in [4.69, 9.17) is 0 Å². The van der Waals surface area contributed by atoms with Crippen LogP contribution in [0.3, 0.4) is 0 Å². The molecule has 0 aromatic heterocycles. The predicted octanol–water partition coefficient (Wildman–Crippen LogP) is 0.799. The van der Waals surface area contributed by atoms with Gasteiger partial charge in [0, 0.05) is 32.2 Å². The summed E-state index contributed by atoms with van der Waals surface area (Å²) in [6, 6.07) is 5.42. The number of nitrogens with one attached hydrogen (secondary N) is 1. The van der Waals surface area contributed by atoms with Crippen LogP contribution >= 0.6 is 0 Å². The molecule has 1 saturated carbocycles. The molecule has 132 valence electrons. The molecule has 1 atom stereocenters. The molecule has 8 heteroatoms. The van der Waals surface area contributed by atoms with Crippen molar-refractivity contribution in [2.75, 3.05) is 26.2 Å². The van der Waals surface area contributed by atoms with Crippen LogP contribution in [-0.4, -0.2) is 61.8 Å². The second kappa shape index (κ2) is 6.78. The molecule has 1 N–H and O–H groups in total. The lowest BCUT2D eigenvalue weighted by molar-refractivity contribution is -0.126.